The Labute approximate surface area is 221 Å². The van der Waals surface area contributed by atoms with E-state index in [0.717, 1.165) is 21.9 Å². The summed E-state index contributed by atoms with van der Waals surface area (Å²) in [6.45, 7) is 2.07. The molecule has 37 heavy (non-hydrogen) atoms. The molecule has 5 heteroatoms. The highest BCUT2D eigenvalue weighted by Crippen LogP contribution is 2.57. The summed E-state index contributed by atoms with van der Waals surface area (Å²) in [7, 11) is -2.14. The Hall–Kier alpha value is -3.85. The van der Waals surface area contributed by atoms with Crippen LogP contribution in [-0.2, 0) is 6.16 Å². The molecule has 0 fully saturated rings. The number of benzene rings is 4. The van der Waals surface area contributed by atoms with Crippen molar-refractivity contribution in [1.82, 2.24) is 9.38 Å². The number of thiazole rings is 1. The van der Waals surface area contributed by atoms with Crippen molar-refractivity contribution in [1.29, 1.82) is 0 Å². The third-order valence-electron chi connectivity index (χ3n) is 6.80. The van der Waals surface area contributed by atoms with E-state index in [1.807, 2.05) is 5.38 Å². The Kier molecular flexibility index (Phi) is 6.30. The molecule has 6 rings (SSSR count). The van der Waals surface area contributed by atoms with Crippen LogP contribution in [0.4, 0.5) is 0 Å². The molecule has 0 saturated carbocycles. The highest BCUT2D eigenvalue weighted by molar-refractivity contribution is 7.95. The molecule has 0 N–H and O–H groups in total. The van der Waals surface area contributed by atoms with Gasteiger partial charge in [-0.25, -0.2) is 4.98 Å². The fourth-order valence-electron chi connectivity index (χ4n) is 4.98. The first kappa shape index (κ1) is 23.5. The van der Waals surface area contributed by atoms with E-state index >= 15 is 0 Å². The molecule has 4 aromatic carbocycles. The van der Waals surface area contributed by atoms with Gasteiger partial charge >= 0.3 is 0 Å². The van der Waals surface area contributed by atoms with E-state index in [-0.39, 0.29) is 5.56 Å². The SMILES string of the molecule is Cc1ccc(-c2csc3nc(C[P+](c4ccccc4)(c4ccccc4)c4ccccc4)cc(=O)n23)cc1. The summed E-state index contributed by atoms with van der Waals surface area (Å²) in [5.74, 6) is 0. The van der Waals surface area contributed by atoms with Crippen molar-refractivity contribution >= 4 is 39.5 Å². The van der Waals surface area contributed by atoms with Gasteiger partial charge in [-0.2, -0.15) is 0 Å². The molecule has 0 amide bonds. The number of hydrogen-bond acceptors (Lipinski definition) is 3. The Bertz CT molecular complexity index is 1610. The highest BCUT2D eigenvalue weighted by atomic mass is 32.1. The van der Waals surface area contributed by atoms with E-state index in [9.17, 15) is 4.79 Å². The maximum Gasteiger partial charge on any atom is 0.259 e. The minimum absolute atomic E-state index is 0.0379. The lowest BCUT2D eigenvalue weighted by Crippen LogP contribution is -2.33. The van der Waals surface area contributed by atoms with Crippen LogP contribution < -0.4 is 21.5 Å². The average molecular weight is 518 g/mol. The summed E-state index contributed by atoms with van der Waals surface area (Å²) >= 11 is 1.52. The summed E-state index contributed by atoms with van der Waals surface area (Å²) in [5.41, 5.74) is 3.89. The monoisotopic (exact) mass is 517 g/mol. The lowest BCUT2D eigenvalue weighted by Gasteiger charge is -2.27. The van der Waals surface area contributed by atoms with Crippen molar-refractivity contribution in [2.45, 2.75) is 13.1 Å². The van der Waals surface area contributed by atoms with Crippen LogP contribution in [0.2, 0.25) is 0 Å². The van der Waals surface area contributed by atoms with Gasteiger partial charge in [0.2, 0.25) is 0 Å². The second kappa shape index (κ2) is 9.89. The van der Waals surface area contributed by atoms with E-state index in [1.165, 1.54) is 32.8 Å². The topological polar surface area (TPSA) is 34.4 Å². The molecule has 0 aliphatic heterocycles. The van der Waals surface area contributed by atoms with Gasteiger partial charge in [-0.3, -0.25) is 9.20 Å². The molecular weight excluding hydrogens is 491 g/mol. The van der Waals surface area contributed by atoms with Crippen molar-refractivity contribution in [3.05, 3.63) is 148 Å². The minimum atomic E-state index is -2.14. The molecule has 2 heterocycles. The number of fused-ring (bicyclic) bond motifs is 1. The molecule has 2 aromatic heterocycles. The van der Waals surface area contributed by atoms with E-state index in [0.29, 0.717) is 6.16 Å². The average Bonchev–Trinajstić information content (AvgIpc) is 3.38. The first-order chi connectivity index (χ1) is 18.1. The summed E-state index contributed by atoms with van der Waals surface area (Å²) in [6.07, 6.45) is 0.675. The zero-order valence-corrected chi connectivity index (χ0v) is 22.2. The summed E-state index contributed by atoms with van der Waals surface area (Å²) in [4.78, 5) is 19.4. The number of hydrogen-bond donors (Lipinski definition) is 0. The van der Waals surface area contributed by atoms with Crippen LogP contribution in [0.5, 0.6) is 0 Å². The van der Waals surface area contributed by atoms with Gasteiger partial charge in [0.05, 0.1) is 11.4 Å². The predicted octanol–water partition coefficient (Wildman–Crippen LogP) is 6.23. The normalized spacial score (nSPS) is 11.6. The molecule has 6 aromatic rings. The molecule has 0 saturated heterocycles. The van der Waals surface area contributed by atoms with Crippen LogP contribution in [0.15, 0.2) is 132 Å². The molecule has 0 radical (unpaired) electrons. The lowest BCUT2D eigenvalue weighted by atomic mass is 10.1. The van der Waals surface area contributed by atoms with Crippen molar-refractivity contribution in [2.75, 3.05) is 0 Å². The van der Waals surface area contributed by atoms with Crippen LogP contribution in [-0.4, -0.2) is 9.38 Å². The number of rotatable bonds is 6. The van der Waals surface area contributed by atoms with Gasteiger partial charge in [0.25, 0.3) is 5.56 Å². The van der Waals surface area contributed by atoms with E-state index in [4.69, 9.17) is 4.98 Å². The Morgan fingerprint density at radius 2 is 1.24 bits per heavy atom. The molecule has 0 bridgehead atoms. The van der Waals surface area contributed by atoms with Crippen molar-refractivity contribution in [2.24, 2.45) is 0 Å². The van der Waals surface area contributed by atoms with Crippen LogP contribution >= 0.6 is 18.6 Å². The van der Waals surface area contributed by atoms with E-state index < -0.39 is 7.26 Å². The van der Waals surface area contributed by atoms with E-state index in [1.54, 1.807) is 10.5 Å². The van der Waals surface area contributed by atoms with Gasteiger partial charge in [0.1, 0.15) is 29.3 Å². The lowest BCUT2D eigenvalue weighted by molar-refractivity contribution is 1.04. The van der Waals surface area contributed by atoms with Crippen LogP contribution in [0.3, 0.4) is 0 Å². The maximum absolute atomic E-state index is 13.6. The summed E-state index contributed by atoms with van der Waals surface area (Å²) in [5, 5.41) is 5.87. The number of aromatic nitrogens is 2. The zero-order valence-electron chi connectivity index (χ0n) is 20.5. The van der Waals surface area contributed by atoms with Gasteiger partial charge < -0.3 is 0 Å². The quantitative estimate of drug-likeness (QED) is 0.246. The van der Waals surface area contributed by atoms with Gasteiger partial charge in [0, 0.05) is 11.4 Å². The second-order valence-corrected chi connectivity index (χ2v) is 13.5. The second-order valence-electron chi connectivity index (χ2n) is 9.17. The molecule has 0 aliphatic carbocycles. The fourth-order valence-corrected chi connectivity index (χ4v) is 10.0. The first-order valence-electron chi connectivity index (χ1n) is 12.3. The highest BCUT2D eigenvalue weighted by Gasteiger charge is 2.46. The third-order valence-corrected chi connectivity index (χ3v) is 12.0. The van der Waals surface area contributed by atoms with Gasteiger partial charge in [-0.1, -0.05) is 84.4 Å². The number of nitrogens with zero attached hydrogens (tertiary/aromatic N) is 2. The molecule has 180 valence electrons. The van der Waals surface area contributed by atoms with Crippen LogP contribution in [0, 0.1) is 6.92 Å². The first-order valence-corrected chi connectivity index (χ1v) is 15.1. The van der Waals surface area contributed by atoms with Crippen LogP contribution in [0.1, 0.15) is 11.3 Å². The predicted molar refractivity (Wildman–Crippen MR) is 158 cm³/mol. The summed E-state index contributed by atoms with van der Waals surface area (Å²) in [6, 6.07) is 42.2. The molecule has 0 aliphatic rings. The largest absolute Gasteiger partial charge is 0.269 e. The van der Waals surface area contributed by atoms with E-state index in [2.05, 4.69) is 122 Å². The van der Waals surface area contributed by atoms with Gasteiger partial charge in [-0.15, -0.1) is 11.3 Å². The summed E-state index contributed by atoms with van der Waals surface area (Å²) < 4.78 is 1.74. The third kappa shape index (κ3) is 4.33. The minimum Gasteiger partial charge on any atom is -0.269 e. The molecule has 0 atom stereocenters. The van der Waals surface area contributed by atoms with Crippen molar-refractivity contribution in [3.63, 3.8) is 0 Å². The smallest absolute Gasteiger partial charge is 0.259 e. The van der Waals surface area contributed by atoms with Gasteiger partial charge in [-0.05, 0) is 48.9 Å². The van der Waals surface area contributed by atoms with Gasteiger partial charge in [0.15, 0.2) is 4.96 Å². The van der Waals surface area contributed by atoms with Crippen LogP contribution in [0.25, 0.3) is 16.2 Å². The van der Waals surface area contributed by atoms with Crippen molar-refractivity contribution in [3.8, 4) is 11.3 Å². The Morgan fingerprint density at radius 3 is 1.76 bits per heavy atom. The Morgan fingerprint density at radius 1 is 0.730 bits per heavy atom. The fraction of sp³-hybridized carbons (Fsp3) is 0.0625. The standard InChI is InChI=1S/C32H26N2OPS/c1-24-17-19-25(20-18-24)30-23-37-32-33-26(21-31(35)34(30)32)22-36(27-11-5-2-6-12-27,28-13-7-3-8-14-28)29-15-9-4-10-16-29/h2-21,23H,22H2,1H3/q+1. The number of aryl methyl sites for hydroxylation is 1. The Balaban J connectivity index is 1.54. The zero-order chi connectivity index (χ0) is 25.2. The maximum atomic E-state index is 13.6. The van der Waals surface area contributed by atoms with Crippen molar-refractivity contribution < 1.29 is 0 Å². The molecule has 0 unspecified atom stereocenters. The molecular formula is C32H26N2OPS+. The molecule has 0 spiro atoms. The molecule has 3 nitrogen and oxygen atoms in total.